The van der Waals surface area contributed by atoms with E-state index in [0.29, 0.717) is 11.4 Å². The fourth-order valence-electron chi connectivity index (χ4n) is 1.23. The first-order chi connectivity index (χ1) is 6.97. The summed E-state index contributed by atoms with van der Waals surface area (Å²) in [6.07, 6.45) is 0. The molecule has 3 nitrogen and oxygen atoms in total. The van der Waals surface area contributed by atoms with Gasteiger partial charge in [-0.15, -0.1) is 0 Å². The highest BCUT2D eigenvalue weighted by atomic mass is 32.2. The molecule has 1 N–H and O–H groups in total. The minimum absolute atomic E-state index is 0.00595. The van der Waals surface area contributed by atoms with Gasteiger partial charge in [-0.3, -0.25) is 0 Å². The molecule has 0 aliphatic carbocycles. The molecule has 0 unspecified atom stereocenters. The molecular weight excluding hydrogens is 210 g/mol. The molecule has 0 saturated carbocycles. The van der Waals surface area contributed by atoms with Crippen molar-refractivity contribution in [2.75, 3.05) is 12.4 Å². The van der Waals surface area contributed by atoms with Gasteiger partial charge >= 0.3 is 0 Å². The molecule has 0 atom stereocenters. The van der Waals surface area contributed by atoms with E-state index in [1.165, 1.54) is 0 Å². The average molecular weight is 227 g/mol. The van der Waals surface area contributed by atoms with Crippen LogP contribution in [0, 0.1) is 13.8 Å². The standard InChI is InChI=1S/C11H17NO2S/c1-4-12-8-15(13,14)11-6-5-9(2)10(3)7-11/h5-7,12H,4,8H2,1-3H3. The topological polar surface area (TPSA) is 46.2 Å². The highest BCUT2D eigenvalue weighted by molar-refractivity contribution is 7.91. The van der Waals surface area contributed by atoms with Crippen LogP contribution >= 0.6 is 0 Å². The Morgan fingerprint density at radius 2 is 1.87 bits per heavy atom. The number of hydrogen-bond acceptors (Lipinski definition) is 3. The van der Waals surface area contributed by atoms with E-state index < -0.39 is 9.84 Å². The fourth-order valence-corrected chi connectivity index (χ4v) is 2.50. The van der Waals surface area contributed by atoms with Crippen LogP contribution in [0.1, 0.15) is 18.1 Å². The number of hydrogen-bond donors (Lipinski definition) is 1. The predicted molar refractivity (Wildman–Crippen MR) is 61.6 cm³/mol. The molecule has 0 heterocycles. The van der Waals surface area contributed by atoms with Gasteiger partial charge in [0.25, 0.3) is 0 Å². The molecule has 0 bridgehead atoms. The molecular formula is C11H17NO2S. The average Bonchev–Trinajstić information content (AvgIpc) is 2.19. The van der Waals surface area contributed by atoms with Crippen molar-refractivity contribution in [3.05, 3.63) is 29.3 Å². The number of aryl methyl sites for hydroxylation is 2. The Kier molecular flexibility index (Phi) is 3.88. The molecule has 15 heavy (non-hydrogen) atoms. The Morgan fingerprint density at radius 3 is 2.40 bits per heavy atom. The zero-order valence-corrected chi connectivity index (χ0v) is 10.2. The number of rotatable bonds is 4. The summed E-state index contributed by atoms with van der Waals surface area (Å²) < 4.78 is 23.6. The van der Waals surface area contributed by atoms with Crippen molar-refractivity contribution in [1.82, 2.24) is 5.32 Å². The lowest BCUT2D eigenvalue weighted by Crippen LogP contribution is -2.22. The van der Waals surface area contributed by atoms with Crippen LogP contribution in [0.2, 0.25) is 0 Å². The van der Waals surface area contributed by atoms with Gasteiger partial charge < -0.3 is 5.32 Å². The summed E-state index contributed by atoms with van der Waals surface area (Å²) in [5.41, 5.74) is 2.12. The number of nitrogens with one attached hydrogen (secondary N) is 1. The van der Waals surface area contributed by atoms with Crippen LogP contribution in [0.5, 0.6) is 0 Å². The summed E-state index contributed by atoms with van der Waals surface area (Å²) in [7, 11) is -3.17. The molecule has 0 spiro atoms. The van der Waals surface area contributed by atoms with E-state index in [9.17, 15) is 8.42 Å². The Hall–Kier alpha value is -0.870. The lowest BCUT2D eigenvalue weighted by Gasteiger charge is -2.07. The van der Waals surface area contributed by atoms with Gasteiger partial charge in [0.1, 0.15) is 5.88 Å². The second kappa shape index (κ2) is 4.77. The predicted octanol–water partition coefficient (Wildman–Crippen LogP) is 1.64. The summed E-state index contributed by atoms with van der Waals surface area (Å²) in [6.45, 7) is 6.43. The summed E-state index contributed by atoms with van der Waals surface area (Å²) in [5.74, 6) is 0.00595. The monoisotopic (exact) mass is 227 g/mol. The van der Waals surface area contributed by atoms with E-state index in [2.05, 4.69) is 5.32 Å². The summed E-state index contributed by atoms with van der Waals surface area (Å²) >= 11 is 0. The third-order valence-corrected chi connectivity index (χ3v) is 3.94. The maximum Gasteiger partial charge on any atom is 0.191 e. The van der Waals surface area contributed by atoms with Gasteiger partial charge in [-0.25, -0.2) is 8.42 Å². The Labute approximate surface area is 91.4 Å². The zero-order chi connectivity index (χ0) is 11.5. The normalized spacial score (nSPS) is 11.7. The maximum absolute atomic E-state index is 11.8. The van der Waals surface area contributed by atoms with Crippen molar-refractivity contribution >= 4 is 9.84 Å². The largest absolute Gasteiger partial charge is 0.304 e. The Bertz CT molecular complexity index is 438. The van der Waals surface area contributed by atoms with Gasteiger partial charge in [0.2, 0.25) is 0 Å². The molecule has 0 amide bonds. The molecule has 1 rings (SSSR count). The zero-order valence-electron chi connectivity index (χ0n) is 9.37. The molecule has 0 aromatic heterocycles. The fraction of sp³-hybridized carbons (Fsp3) is 0.455. The van der Waals surface area contributed by atoms with Crippen LogP contribution in [0.25, 0.3) is 0 Å². The highest BCUT2D eigenvalue weighted by Gasteiger charge is 2.13. The molecule has 0 saturated heterocycles. The highest BCUT2D eigenvalue weighted by Crippen LogP contribution is 2.15. The first-order valence-corrected chi connectivity index (χ1v) is 6.63. The molecule has 1 aromatic rings. The van der Waals surface area contributed by atoms with Crippen molar-refractivity contribution in [2.24, 2.45) is 0 Å². The Balaban J connectivity index is 3.00. The SMILES string of the molecule is CCNCS(=O)(=O)c1ccc(C)c(C)c1. The van der Waals surface area contributed by atoms with E-state index in [-0.39, 0.29) is 5.88 Å². The van der Waals surface area contributed by atoms with Crippen molar-refractivity contribution in [3.8, 4) is 0 Å². The van der Waals surface area contributed by atoms with Crippen molar-refractivity contribution in [2.45, 2.75) is 25.7 Å². The van der Waals surface area contributed by atoms with Gasteiger partial charge in [0.15, 0.2) is 9.84 Å². The minimum Gasteiger partial charge on any atom is -0.304 e. The number of sulfone groups is 1. The second-order valence-corrected chi connectivity index (χ2v) is 5.60. The maximum atomic E-state index is 11.8. The van der Waals surface area contributed by atoms with Crippen molar-refractivity contribution < 1.29 is 8.42 Å². The van der Waals surface area contributed by atoms with Gasteiger partial charge in [0, 0.05) is 0 Å². The summed E-state index contributed by atoms with van der Waals surface area (Å²) in [4.78, 5) is 0.395. The van der Waals surface area contributed by atoms with E-state index in [1.54, 1.807) is 12.1 Å². The van der Waals surface area contributed by atoms with E-state index in [0.717, 1.165) is 11.1 Å². The smallest absolute Gasteiger partial charge is 0.191 e. The quantitative estimate of drug-likeness (QED) is 0.850. The minimum atomic E-state index is -3.17. The molecule has 0 radical (unpaired) electrons. The van der Waals surface area contributed by atoms with Gasteiger partial charge in [-0.1, -0.05) is 13.0 Å². The number of benzene rings is 1. The Morgan fingerprint density at radius 1 is 1.20 bits per heavy atom. The molecule has 4 heteroatoms. The second-order valence-electron chi connectivity index (χ2n) is 3.61. The van der Waals surface area contributed by atoms with Gasteiger partial charge in [-0.2, -0.15) is 0 Å². The van der Waals surface area contributed by atoms with E-state index >= 15 is 0 Å². The van der Waals surface area contributed by atoms with Crippen LogP contribution in [0.3, 0.4) is 0 Å². The van der Waals surface area contributed by atoms with Crippen LogP contribution in [0.15, 0.2) is 23.1 Å². The van der Waals surface area contributed by atoms with Crippen LogP contribution < -0.4 is 5.32 Å². The van der Waals surface area contributed by atoms with E-state index in [4.69, 9.17) is 0 Å². The van der Waals surface area contributed by atoms with Crippen LogP contribution in [0.4, 0.5) is 0 Å². The summed E-state index contributed by atoms with van der Waals surface area (Å²) in [5, 5.41) is 2.83. The van der Waals surface area contributed by atoms with Gasteiger partial charge in [0.05, 0.1) is 4.90 Å². The summed E-state index contributed by atoms with van der Waals surface area (Å²) in [6, 6.07) is 5.23. The molecule has 84 valence electrons. The first kappa shape index (κ1) is 12.2. The lowest BCUT2D eigenvalue weighted by atomic mass is 10.1. The van der Waals surface area contributed by atoms with Crippen molar-refractivity contribution in [3.63, 3.8) is 0 Å². The molecule has 1 aromatic carbocycles. The molecule has 0 aliphatic rings. The molecule has 0 fully saturated rings. The van der Waals surface area contributed by atoms with Crippen LogP contribution in [-0.2, 0) is 9.84 Å². The van der Waals surface area contributed by atoms with Crippen LogP contribution in [-0.4, -0.2) is 20.8 Å². The molecule has 0 aliphatic heterocycles. The third kappa shape index (κ3) is 3.04. The first-order valence-electron chi connectivity index (χ1n) is 4.98. The van der Waals surface area contributed by atoms with E-state index in [1.807, 2.05) is 26.8 Å². The third-order valence-electron chi connectivity index (χ3n) is 2.38. The van der Waals surface area contributed by atoms with Gasteiger partial charge in [-0.05, 0) is 43.7 Å². The van der Waals surface area contributed by atoms with Crippen molar-refractivity contribution in [1.29, 1.82) is 0 Å². The lowest BCUT2D eigenvalue weighted by molar-refractivity contribution is 0.588.